The fraction of sp³-hybridized carbons (Fsp3) is 0.375. The van der Waals surface area contributed by atoms with Gasteiger partial charge in [-0.05, 0) is 87.9 Å². The summed E-state index contributed by atoms with van der Waals surface area (Å²) in [4.78, 5) is 25.7. The first kappa shape index (κ1) is 28.3. The Balaban J connectivity index is 1.31. The Kier molecular flexibility index (Phi) is 8.35. The summed E-state index contributed by atoms with van der Waals surface area (Å²) in [5.74, 6) is 0.718. The second-order valence-electron chi connectivity index (χ2n) is 11.8. The van der Waals surface area contributed by atoms with Crippen molar-refractivity contribution in [3.63, 3.8) is 0 Å². The number of nitrogens with one attached hydrogen (secondary N) is 3. The number of ketones is 1. The zero-order chi connectivity index (χ0) is 29.0. The van der Waals surface area contributed by atoms with E-state index in [0.717, 1.165) is 46.1 Å². The van der Waals surface area contributed by atoms with E-state index in [1.165, 1.54) is 12.8 Å². The molecule has 214 valence electrons. The summed E-state index contributed by atoms with van der Waals surface area (Å²) in [6, 6.07) is 17.7. The van der Waals surface area contributed by atoms with Gasteiger partial charge in [0.15, 0.2) is 5.78 Å². The number of carbonyl (C=O) groups is 2. The molecule has 9 heteroatoms. The topological polar surface area (TPSA) is 114 Å². The van der Waals surface area contributed by atoms with Crippen molar-refractivity contribution in [2.75, 3.05) is 6.54 Å². The molecule has 0 radical (unpaired) electrons. The fourth-order valence-electron chi connectivity index (χ4n) is 4.79. The Morgan fingerprint density at radius 2 is 1.85 bits per heavy atom. The van der Waals surface area contributed by atoms with E-state index in [0.29, 0.717) is 12.2 Å². The molecule has 0 aliphatic heterocycles. The Morgan fingerprint density at radius 3 is 2.59 bits per heavy atom. The Labute approximate surface area is 240 Å². The van der Waals surface area contributed by atoms with Crippen molar-refractivity contribution in [1.82, 2.24) is 30.6 Å². The van der Waals surface area contributed by atoms with E-state index in [2.05, 4.69) is 38.1 Å². The number of aromatic nitrogens is 4. The maximum absolute atomic E-state index is 13.6. The number of benzene rings is 2. The molecule has 1 unspecified atom stereocenters. The van der Waals surface area contributed by atoms with Gasteiger partial charge < -0.3 is 15.4 Å². The van der Waals surface area contributed by atoms with Crippen LogP contribution in [0.15, 0.2) is 67.0 Å². The van der Waals surface area contributed by atoms with E-state index in [-0.39, 0.29) is 18.2 Å². The first-order chi connectivity index (χ1) is 19.6. The number of hydrogen-bond donors (Lipinski definition) is 3. The SMILES string of the molecule is Cc1cc(C(=O)Cc2cccc(C(NCC3CC3)c3cn[nH]c3)c2)n(-c2cccc(CNC(=O)OC(C)(C)C)c2)n1. The molecule has 2 aromatic carbocycles. The lowest BCUT2D eigenvalue weighted by atomic mass is 9.97. The van der Waals surface area contributed by atoms with Crippen LogP contribution in [0.5, 0.6) is 0 Å². The highest BCUT2D eigenvalue weighted by Gasteiger charge is 2.24. The third-order valence-corrected chi connectivity index (χ3v) is 6.92. The lowest BCUT2D eigenvalue weighted by Gasteiger charge is -2.19. The number of aromatic amines is 1. The molecular weight excluding hydrogens is 516 g/mol. The lowest BCUT2D eigenvalue weighted by Crippen LogP contribution is -2.32. The van der Waals surface area contributed by atoms with Crippen LogP contribution in [-0.4, -0.2) is 44.0 Å². The Bertz CT molecular complexity index is 1500. The van der Waals surface area contributed by atoms with Crippen molar-refractivity contribution < 1.29 is 14.3 Å². The van der Waals surface area contributed by atoms with Crippen LogP contribution in [0.1, 0.15) is 78.1 Å². The molecule has 1 atom stereocenters. The first-order valence-electron chi connectivity index (χ1n) is 14.1. The van der Waals surface area contributed by atoms with Crippen molar-refractivity contribution in [2.24, 2.45) is 5.92 Å². The number of carbonyl (C=O) groups excluding carboxylic acids is 2. The molecule has 1 aliphatic rings. The van der Waals surface area contributed by atoms with E-state index in [1.807, 2.05) is 82.6 Å². The fourth-order valence-corrected chi connectivity index (χ4v) is 4.79. The molecular formula is C32H38N6O3. The van der Waals surface area contributed by atoms with E-state index < -0.39 is 11.7 Å². The predicted molar refractivity (Wildman–Crippen MR) is 157 cm³/mol. The smallest absolute Gasteiger partial charge is 0.407 e. The van der Waals surface area contributed by atoms with Gasteiger partial charge in [0.1, 0.15) is 11.3 Å². The van der Waals surface area contributed by atoms with Gasteiger partial charge in [-0.1, -0.05) is 36.4 Å². The molecule has 1 amide bonds. The molecule has 9 nitrogen and oxygen atoms in total. The maximum atomic E-state index is 13.6. The number of hydrogen-bond acceptors (Lipinski definition) is 6. The monoisotopic (exact) mass is 554 g/mol. The summed E-state index contributed by atoms with van der Waals surface area (Å²) in [5.41, 5.74) is 5.44. The third kappa shape index (κ3) is 7.70. The Hall–Kier alpha value is -4.24. The number of alkyl carbamates (subject to hydrolysis) is 1. The average Bonchev–Trinajstić information content (AvgIpc) is 3.42. The second-order valence-corrected chi connectivity index (χ2v) is 11.8. The molecule has 2 aromatic heterocycles. The summed E-state index contributed by atoms with van der Waals surface area (Å²) < 4.78 is 7.02. The summed E-state index contributed by atoms with van der Waals surface area (Å²) in [7, 11) is 0. The van der Waals surface area contributed by atoms with Crippen molar-refractivity contribution in [3.8, 4) is 5.69 Å². The minimum Gasteiger partial charge on any atom is -0.444 e. The van der Waals surface area contributed by atoms with E-state index in [1.54, 1.807) is 4.68 Å². The van der Waals surface area contributed by atoms with Gasteiger partial charge >= 0.3 is 6.09 Å². The van der Waals surface area contributed by atoms with Gasteiger partial charge in [-0.2, -0.15) is 10.2 Å². The molecule has 0 spiro atoms. The van der Waals surface area contributed by atoms with Gasteiger partial charge in [0.2, 0.25) is 0 Å². The summed E-state index contributed by atoms with van der Waals surface area (Å²) in [5, 5.41) is 18.2. The van der Waals surface area contributed by atoms with Gasteiger partial charge in [-0.15, -0.1) is 0 Å². The van der Waals surface area contributed by atoms with Crippen LogP contribution < -0.4 is 10.6 Å². The highest BCUT2D eigenvalue weighted by molar-refractivity contribution is 5.96. The van der Waals surface area contributed by atoms with Gasteiger partial charge in [0.05, 0.1) is 23.6 Å². The standard InChI is InChI=1S/C32H38N6O3/c1-21-13-28(38(37-21)27-10-6-8-24(15-27)18-34-31(40)41-32(2,3)4)29(39)16-23-7-5-9-25(14-23)30(26-19-35-36-20-26)33-17-22-11-12-22/h5-10,13-15,19-20,22,30,33H,11-12,16-18H2,1-4H3,(H,34,40)(H,35,36). The van der Waals surface area contributed by atoms with Crippen LogP contribution in [0.3, 0.4) is 0 Å². The zero-order valence-corrected chi connectivity index (χ0v) is 24.1. The van der Waals surface area contributed by atoms with Crippen LogP contribution in [0.25, 0.3) is 5.69 Å². The maximum Gasteiger partial charge on any atom is 0.407 e. The molecule has 1 aliphatic carbocycles. The molecule has 4 aromatic rings. The van der Waals surface area contributed by atoms with Gasteiger partial charge in [-0.25, -0.2) is 9.48 Å². The average molecular weight is 555 g/mol. The summed E-state index contributed by atoms with van der Waals surface area (Å²) in [6.07, 6.45) is 6.08. The van der Waals surface area contributed by atoms with E-state index in [4.69, 9.17) is 4.74 Å². The van der Waals surface area contributed by atoms with Gasteiger partial charge in [0.25, 0.3) is 0 Å². The highest BCUT2D eigenvalue weighted by Crippen LogP contribution is 2.30. The van der Waals surface area contributed by atoms with E-state index in [9.17, 15) is 9.59 Å². The number of nitrogens with zero attached hydrogens (tertiary/aromatic N) is 3. The molecule has 1 fully saturated rings. The van der Waals surface area contributed by atoms with Crippen LogP contribution in [0, 0.1) is 12.8 Å². The van der Waals surface area contributed by atoms with Crippen molar-refractivity contribution in [1.29, 1.82) is 0 Å². The van der Waals surface area contributed by atoms with Crippen LogP contribution in [-0.2, 0) is 17.7 Å². The van der Waals surface area contributed by atoms with Crippen molar-refractivity contribution >= 4 is 11.9 Å². The third-order valence-electron chi connectivity index (χ3n) is 6.92. The number of rotatable bonds is 11. The number of aryl methyl sites for hydroxylation is 1. The number of amides is 1. The molecule has 5 rings (SSSR count). The predicted octanol–water partition coefficient (Wildman–Crippen LogP) is 5.44. The lowest BCUT2D eigenvalue weighted by molar-refractivity contribution is 0.0523. The van der Waals surface area contributed by atoms with Crippen LogP contribution in [0.2, 0.25) is 0 Å². The number of H-pyrrole nitrogens is 1. The van der Waals surface area contributed by atoms with Crippen molar-refractivity contribution in [3.05, 3.63) is 101 Å². The molecule has 2 heterocycles. The van der Waals surface area contributed by atoms with Crippen LogP contribution in [0.4, 0.5) is 4.79 Å². The number of Topliss-reactive ketones (excluding diaryl/α,β-unsaturated/α-hetero) is 1. The van der Waals surface area contributed by atoms with Gasteiger partial charge in [-0.3, -0.25) is 9.89 Å². The molecule has 1 saturated carbocycles. The van der Waals surface area contributed by atoms with Gasteiger partial charge in [0, 0.05) is 24.7 Å². The minimum atomic E-state index is -0.569. The normalized spacial score (nSPS) is 14.0. The van der Waals surface area contributed by atoms with Crippen LogP contribution >= 0.6 is 0 Å². The minimum absolute atomic E-state index is 0.00852. The molecule has 41 heavy (non-hydrogen) atoms. The largest absolute Gasteiger partial charge is 0.444 e. The first-order valence-corrected chi connectivity index (χ1v) is 14.1. The number of ether oxygens (including phenoxy) is 1. The molecule has 3 N–H and O–H groups in total. The summed E-state index contributed by atoms with van der Waals surface area (Å²) >= 11 is 0. The Morgan fingerprint density at radius 1 is 1.07 bits per heavy atom. The van der Waals surface area contributed by atoms with Crippen molar-refractivity contribution in [2.45, 2.75) is 65.1 Å². The molecule has 0 bridgehead atoms. The van der Waals surface area contributed by atoms with E-state index >= 15 is 0 Å². The zero-order valence-electron chi connectivity index (χ0n) is 24.1. The summed E-state index contributed by atoms with van der Waals surface area (Å²) in [6.45, 7) is 8.61. The molecule has 0 saturated heterocycles. The quantitative estimate of drug-likeness (QED) is 0.213. The second kappa shape index (κ2) is 12.1. The highest BCUT2D eigenvalue weighted by atomic mass is 16.6.